The second-order valence-corrected chi connectivity index (χ2v) is 15.5. The van der Waals surface area contributed by atoms with Crippen LogP contribution < -0.4 is 32.7 Å². The highest BCUT2D eigenvalue weighted by Crippen LogP contribution is 2.31. The van der Waals surface area contributed by atoms with E-state index < -0.39 is 157 Å². The molecule has 0 saturated carbocycles. The molecule has 60 heavy (non-hydrogen) atoms. The lowest BCUT2D eigenvalue weighted by atomic mass is 9.96. The van der Waals surface area contributed by atoms with Crippen LogP contribution in [-0.2, 0) is 33.6 Å². The van der Waals surface area contributed by atoms with Gasteiger partial charge in [0.25, 0.3) is 0 Å². The molecule has 5 unspecified atom stereocenters. The van der Waals surface area contributed by atoms with Crippen molar-refractivity contribution in [3.63, 3.8) is 0 Å². The molecule has 16 N–H and O–H groups in total. The number of aromatic hydroxyl groups is 2. The quantitative estimate of drug-likeness (QED) is 0.114. The van der Waals surface area contributed by atoms with Crippen LogP contribution in [0.15, 0.2) is 18.2 Å². The number of carbonyl (C=O) groups excluding carboxylic acids is 7. The van der Waals surface area contributed by atoms with E-state index in [4.69, 9.17) is 16.6 Å². The molecule has 13 atom stereocenters. The molecule has 3 aliphatic rings. The zero-order valence-corrected chi connectivity index (χ0v) is 33.7. The standard InChI is InChI=1S/C36H54N8O14.CH4O/c1-14-8-19(37)31(53)41-25(16(3)45)36(58)43-13-18(46)10-21(43)32(54)42-26(30(52)29(51)17-4-6-22(47)23(48)9-17)33(55)40-20(5-7-24(38)49)35(57)44-12-15(2)28(50)27(44)34(56)39-11-14;1-2/h4,6,9,14-16,18-21,25-30,45-48,50-52H,5,7-8,10-13,37H2,1-3H3,(H2,38,49)(H,39,56)(H,40,55)(H,41,53)(H,42,54);2H,1H3/t14-,15+,16-,18-,19+,20?,21?,25?,26?,27?,28+,29+,30+;/m1./s1. The zero-order chi connectivity index (χ0) is 45.3. The number of rotatable bonds is 7. The van der Waals surface area contributed by atoms with Crippen LogP contribution >= 0.6 is 0 Å². The Kier molecular flexibility index (Phi) is 17.5. The number of nitrogens with zero attached hydrogens (tertiary/aromatic N) is 2. The monoisotopic (exact) mass is 854 g/mol. The van der Waals surface area contributed by atoms with Gasteiger partial charge in [0, 0.05) is 45.5 Å². The van der Waals surface area contributed by atoms with E-state index in [1.165, 1.54) is 6.92 Å². The van der Waals surface area contributed by atoms with E-state index >= 15 is 0 Å². The summed E-state index contributed by atoms with van der Waals surface area (Å²) in [4.78, 5) is 96.9. The first-order valence-corrected chi connectivity index (χ1v) is 19.3. The number of hydrogen-bond acceptors (Lipinski definition) is 16. The number of carbonyl (C=O) groups is 7. The summed E-state index contributed by atoms with van der Waals surface area (Å²) in [5, 5.41) is 91.4. The molecule has 3 heterocycles. The van der Waals surface area contributed by atoms with Gasteiger partial charge < -0.3 is 83.4 Å². The molecule has 3 fully saturated rings. The molecule has 0 radical (unpaired) electrons. The predicted molar refractivity (Wildman–Crippen MR) is 206 cm³/mol. The van der Waals surface area contributed by atoms with Gasteiger partial charge in [-0.25, -0.2) is 0 Å². The Morgan fingerprint density at radius 1 is 0.833 bits per heavy atom. The first-order valence-electron chi connectivity index (χ1n) is 19.3. The van der Waals surface area contributed by atoms with Crippen molar-refractivity contribution < 1.29 is 74.4 Å². The fourth-order valence-electron chi connectivity index (χ4n) is 7.35. The van der Waals surface area contributed by atoms with E-state index in [-0.39, 0.29) is 25.1 Å². The molecular weight excluding hydrogens is 796 g/mol. The number of phenols is 2. The Morgan fingerprint density at radius 2 is 1.47 bits per heavy atom. The highest BCUT2D eigenvalue weighted by molar-refractivity contribution is 5.98. The molecule has 7 amide bonds. The molecular formula is C37H58N8O15. The minimum atomic E-state index is -2.31. The highest BCUT2D eigenvalue weighted by Gasteiger charge is 2.49. The summed E-state index contributed by atoms with van der Waals surface area (Å²) < 4.78 is 0. The van der Waals surface area contributed by atoms with Crippen molar-refractivity contribution >= 4 is 41.4 Å². The Morgan fingerprint density at radius 3 is 2.07 bits per heavy atom. The van der Waals surface area contributed by atoms with Gasteiger partial charge in [0.15, 0.2) is 11.5 Å². The van der Waals surface area contributed by atoms with Crippen LogP contribution in [0.25, 0.3) is 0 Å². The van der Waals surface area contributed by atoms with Crippen LogP contribution in [0.2, 0.25) is 0 Å². The summed E-state index contributed by atoms with van der Waals surface area (Å²) in [6.45, 7) is 3.64. The second-order valence-electron chi connectivity index (χ2n) is 15.5. The van der Waals surface area contributed by atoms with Gasteiger partial charge in [-0.3, -0.25) is 33.6 Å². The van der Waals surface area contributed by atoms with Crippen molar-refractivity contribution in [3.8, 4) is 11.5 Å². The number of nitrogens with one attached hydrogen (secondary N) is 4. The first kappa shape index (κ1) is 49.2. The smallest absolute Gasteiger partial charge is 0.248 e. The molecule has 1 aromatic carbocycles. The average Bonchev–Trinajstić information content (AvgIpc) is 3.74. The number of phenolic OH excluding ortho intramolecular Hbond substituents is 2. The lowest BCUT2D eigenvalue weighted by molar-refractivity contribution is -0.146. The third-order valence-electron chi connectivity index (χ3n) is 10.7. The maximum Gasteiger partial charge on any atom is 0.248 e. The fourth-order valence-corrected chi connectivity index (χ4v) is 7.35. The fraction of sp³-hybridized carbons (Fsp3) is 0.649. The van der Waals surface area contributed by atoms with Crippen molar-refractivity contribution in [2.24, 2.45) is 23.3 Å². The van der Waals surface area contributed by atoms with E-state index in [0.717, 1.165) is 35.1 Å². The number of benzene rings is 1. The summed E-state index contributed by atoms with van der Waals surface area (Å²) in [6, 6.07) is -7.03. The van der Waals surface area contributed by atoms with Gasteiger partial charge in [-0.1, -0.05) is 19.9 Å². The molecule has 4 rings (SSSR count). The zero-order valence-electron chi connectivity index (χ0n) is 33.7. The van der Waals surface area contributed by atoms with Crippen LogP contribution in [0.1, 0.15) is 58.1 Å². The summed E-state index contributed by atoms with van der Waals surface area (Å²) >= 11 is 0. The van der Waals surface area contributed by atoms with Crippen LogP contribution in [0, 0.1) is 11.8 Å². The first-order chi connectivity index (χ1) is 28.1. The number of aliphatic hydroxyl groups is 6. The van der Waals surface area contributed by atoms with E-state index in [2.05, 4.69) is 21.3 Å². The number of amides is 7. The normalized spacial score (nSPS) is 31.4. The predicted octanol–water partition coefficient (Wildman–Crippen LogP) is -6.15. The van der Waals surface area contributed by atoms with Gasteiger partial charge in [-0.2, -0.15) is 0 Å². The van der Waals surface area contributed by atoms with Crippen molar-refractivity contribution in [1.82, 2.24) is 31.1 Å². The van der Waals surface area contributed by atoms with Crippen LogP contribution in [0.5, 0.6) is 11.5 Å². The van der Waals surface area contributed by atoms with Crippen LogP contribution in [0.3, 0.4) is 0 Å². The van der Waals surface area contributed by atoms with Gasteiger partial charge in [0.2, 0.25) is 41.4 Å². The molecule has 0 bridgehead atoms. The van der Waals surface area contributed by atoms with Gasteiger partial charge in [0.1, 0.15) is 42.4 Å². The van der Waals surface area contributed by atoms with E-state index in [9.17, 15) is 69.3 Å². The summed E-state index contributed by atoms with van der Waals surface area (Å²) in [6.07, 6.45) is -10.1. The molecule has 1 aromatic rings. The molecule has 336 valence electrons. The average molecular weight is 855 g/mol. The van der Waals surface area contributed by atoms with Crippen molar-refractivity contribution in [1.29, 1.82) is 0 Å². The number of aliphatic hydroxyl groups excluding tert-OH is 6. The molecule has 23 heteroatoms. The Bertz CT molecular complexity index is 1730. The van der Waals surface area contributed by atoms with Crippen LogP contribution in [-0.4, -0.2) is 179 Å². The molecule has 3 aliphatic heterocycles. The lowest BCUT2D eigenvalue weighted by Crippen LogP contribution is -2.63. The SMILES string of the molecule is CO.C[C@H]1CNC(=O)C2[C@@H](O)[C@@H](C)CN2C(=O)C(CCC(N)=O)NC(=O)C([C@H](O)[C@@H](O)c2ccc(O)c(O)c2)NC(=O)C2C[C@@H](O)CN2C(=O)C([C@@H](C)O)NC(=O)[C@@H](N)C1. The summed E-state index contributed by atoms with van der Waals surface area (Å²) in [7, 11) is 1.00. The topological polar surface area (TPSA) is 388 Å². The van der Waals surface area contributed by atoms with Gasteiger partial charge in [0.05, 0.1) is 24.4 Å². The molecule has 23 nitrogen and oxygen atoms in total. The summed E-state index contributed by atoms with van der Waals surface area (Å²) in [5.74, 6) is -9.52. The van der Waals surface area contributed by atoms with Gasteiger partial charge >= 0.3 is 0 Å². The third-order valence-corrected chi connectivity index (χ3v) is 10.7. The largest absolute Gasteiger partial charge is 0.504 e. The Hall–Kier alpha value is -5.17. The number of hydrogen-bond donors (Lipinski definition) is 14. The highest BCUT2D eigenvalue weighted by atomic mass is 16.3. The third kappa shape index (κ3) is 11.8. The van der Waals surface area contributed by atoms with Gasteiger partial charge in [-0.15, -0.1) is 0 Å². The maximum atomic E-state index is 14.2. The van der Waals surface area contributed by atoms with Gasteiger partial charge in [-0.05, 0) is 43.4 Å². The maximum absolute atomic E-state index is 14.2. The van der Waals surface area contributed by atoms with Crippen molar-refractivity contribution in [2.45, 2.75) is 113 Å². The number of primary amides is 1. The van der Waals surface area contributed by atoms with E-state index in [1.807, 2.05) is 0 Å². The molecule has 3 saturated heterocycles. The Labute approximate surface area is 345 Å². The number of nitrogens with two attached hydrogens (primary N) is 2. The molecule has 0 aromatic heterocycles. The van der Waals surface area contributed by atoms with E-state index in [1.54, 1.807) is 13.8 Å². The Balaban J connectivity index is 0.00000473. The van der Waals surface area contributed by atoms with Crippen molar-refractivity contribution in [2.75, 3.05) is 26.7 Å². The van der Waals surface area contributed by atoms with E-state index in [0.29, 0.717) is 0 Å². The van der Waals surface area contributed by atoms with Crippen molar-refractivity contribution in [3.05, 3.63) is 23.8 Å². The molecule has 0 aliphatic carbocycles. The lowest BCUT2D eigenvalue weighted by Gasteiger charge is -2.33. The number of fused-ring (bicyclic) bond motifs is 2. The molecule has 0 spiro atoms. The second kappa shape index (κ2) is 21.4. The minimum absolute atomic E-state index is 0.0485. The van der Waals surface area contributed by atoms with Crippen LogP contribution in [0.4, 0.5) is 0 Å². The minimum Gasteiger partial charge on any atom is -0.504 e. The summed E-state index contributed by atoms with van der Waals surface area (Å²) in [5.41, 5.74) is 11.3.